The second kappa shape index (κ2) is 6.46. The van der Waals surface area contributed by atoms with Gasteiger partial charge in [-0.2, -0.15) is 5.10 Å². The zero-order valence-electron chi connectivity index (χ0n) is 5.92. The number of halogens is 2. The quantitative estimate of drug-likeness (QED) is 0.587. The number of nitrogens with zero attached hydrogens (tertiary/aromatic N) is 1. The summed E-state index contributed by atoms with van der Waals surface area (Å²) in [5.74, 6) is 0.532. The van der Waals surface area contributed by atoms with Crippen LogP contribution >= 0.6 is 24.0 Å². The third-order valence-corrected chi connectivity index (χ3v) is 1.18. The molecule has 0 saturated carbocycles. The van der Waals surface area contributed by atoms with Gasteiger partial charge in [0, 0.05) is 12.1 Å². The van der Waals surface area contributed by atoms with Crippen LogP contribution in [0.25, 0.3) is 0 Å². The molecule has 1 N–H and O–H groups in total. The molecular weight excluding hydrogens is 187 g/mol. The van der Waals surface area contributed by atoms with E-state index in [-0.39, 0.29) is 12.4 Å². The maximum absolute atomic E-state index is 5.39. The van der Waals surface area contributed by atoms with Crippen LogP contribution in [0.3, 0.4) is 0 Å². The Hall–Kier alpha value is -0.250. The third-order valence-electron chi connectivity index (χ3n) is 1.03. The number of aromatic amines is 1. The van der Waals surface area contributed by atoms with Crippen molar-refractivity contribution in [3.05, 3.63) is 18.0 Å². The molecule has 1 aromatic heterocycles. The molecule has 1 aromatic rings. The van der Waals surface area contributed by atoms with Crippen LogP contribution < -0.4 is 0 Å². The van der Waals surface area contributed by atoms with E-state index in [1.165, 1.54) is 0 Å². The van der Waals surface area contributed by atoms with Gasteiger partial charge in [0.05, 0.1) is 18.9 Å². The lowest BCUT2D eigenvalue weighted by Crippen LogP contribution is -1.96. The van der Waals surface area contributed by atoms with Crippen LogP contribution in [0, 0.1) is 0 Å². The van der Waals surface area contributed by atoms with Crippen molar-refractivity contribution < 1.29 is 4.74 Å². The van der Waals surface area contributed by atoms with Gasteiger partial charge in [0.2, 0.25) is 0 Å². The van der Waals surface area contributed by atoms with Gasteiger partial charge < -0.3 is 4.74 Å². The minimum absolute atomic E-state index is 0. The average Bonchev–Trinajstić information content (AvgIpc) is 2.41. The molecule has 0 atom stereocenters. The van der Waals surface area contributed by atoms with Crippen molar-refractivity contribution in [3.8, 4) is 0 Å². The molecule has 0 aliphatic carbocycles. The number of aromatic nitrogens is 2. The van der Waals surface area contributed by atoms with E-state index in [9.17, 15) is 0 Å². The molecule has 0 saturated heterocycles. The van der Waals surface area contributed by atoms with E-state index in [1.54, 1.807) is 6.20 Å². The summed E-state index contributed by atoms with van der Waals surface area (Å²) in [6, 6.07) is 1.87. The van der Waals surface area contributed by atoms with Crippen LogP contribution in [0.2, 0.25) is 0 Å². The van der Waals surface area contributed by atoms with Gasteiger partial charge in [0.1, 0.15) is 0 Å². The fourth-order valence-electron chi connectivity index (χ4n) is 0.603. The predicted molar refractivity (Wildman–Crippen MR) is 46.2 cm³/mol. The third kappa shape index (κ3) is 4.24. The first-order chi connectivity index (χ1) is 4.93. The lowest BCUT2D eigenvalue weighted by molar-refractivity contribution is 0.133. The molecule has 0 aliphatic heterocycles. The van der Waals surface area contributed by atoms with Gasteiger partial charge in [-0.3, -0.25) is 5.10 Å². The van der Waals surface area contributed by atoms with Crippen LogP contribution in [-0.2, 0) is 11.3 Å². The topological polar surface area (TPSA) is 37.9 Å². The smallest absolute Gasteiger partial charge is 0.0906 e. The van der Waals surface area contributed by atoms with Crippen LogP contribution in [0.15, 0.2) is 12.3 Å². The molecule has 0 unspecified atom stereocenters. The van der Waals surface area contributed by atoms with Crippen molar-refractivity contribution in [3.63, 3.8) is 0 Å². The summed E-state index contributed by atoms with van der Waals surface area (Å²) in [5.41, 5.74) is 0.908. The molecule has 0 aliphatic rings. The molecule has 5 heteroatoms. The number of rotatable bonds is 4. The highest BCUT2D eigenvalue weighted by atomic mass is 35.5. The first kappa shape index (κ1) is 10.8. The molecule has 0 fully saturated rings. The van der Waals surface area contributed by atoms with Gasteiger partial charge in [0.15, 0.2) is 0 Å². The molecular formula is C6H10Cl2N2O. The van der Waals surface area contributed by atoms with Crippen molar-refractivity contribution in [1.29, 1.82) is 0 Å². The minimum Gasteiger partial charge on any atom is -0.374 e. The molecule has 1 heterocycles. The number of alkyl halides is 1. The second-order valence-corrected chi connectivity index (χ2v) is 2.19. The average molecular weight is 197 g/mol. The Kier molecular flexibility index (Phi) is 6.31. The number of hydrogen-bond donors (Lipinski definition) is 1. The minimum atomic E-state index is 0. The zero-order chi connectivity index (χ0) is 7.23. The van der Waals surface area contributed by atoms with E-state index in [0.717, 1.165) is 5.69 Å². The highest BCUT2D eigenvalue weighted by Crippen LogP contribution is 1.93. The Morgan fingerprint density at radius 2 is 2.45 bits per heavy atom. The lowest BCUT2D eigenvalue weighted by Gasteiger charge is -1.95. The highest BCUT2D eigenvalue weighted by Gasteiger charge is 1.92. The summed E-state index contributed by atoms with van der Waals surface area (Å²) in [6.07, 6.45) is 1.76. The number of H-pyrrole nitrogens is 1. The van der Waals surface area contributed by atoms with Gasteiger partial charge in [0.25, 0.3) is 0 Å². The zero-order valence-corrected chi connectivity index (χ0v) is 7.49. The summed E-state index contributed by atoms with van der Waals surface area (Å²) >= 11 is 5.39. The summed E-state index contributed by atoms with van der Waals surface area (Å²) in [5, 5.41) is 6.59. The normalized spacial score (nSPS) is 9.18. The molecule has 1 rings (SSSR count). The standard InChI is InChI=1S/C6H9ClN2O.ClH/c7-2-4-10-5-6-1-3-8-9-6;/h1,3H,2,4-5H2,(H,8,9);1H. The van der Waals surface area contributed by atoms with Crippen LogP contribution in [0.5, 0.6) is 0 Å². The van der Waals surface area contributed by atoms with Gasteiger partial charge >= 0.3 is 0 Å². The fourth-order valence-corrected chi connectivity index (χ4v) is 0.712. The van der Waals surface area contributed by atoms with Crippen molar-refractivity contribution >= 4 is 24.0 Å². The van der Waals surface area contributed by atoms with Crippen molar-refractivity contribution in [2.24, 2.45) is 0 Å². The van der Waals surface area contributed by atoms with E-state index in [2.05, 4.69) is 10.2 Å². The molecule has 0 spiro atoms. The second-order valence-electron chi connectivity index (χ2n) is 1.81. The van der Waals surface area contributed by atoms with E-state index in [1.807, 2.05) is 6.07 Å². The first-order valence-electron chi connectivity index (χ1n) is 3.06. The molecule has 0 aromatic carbocycles. The summed E-state index contributed by atoms with van der Waals surface area (Å²) in [7, 11) is 0. The summed E-state index contributed by atoms with van der Waals surface area (Å²) in [4.78, 5) is 0. The molecule has 3 nitrogen and oxygen atoms in total. The van der Waals surface area contributed by atoms with Crippen LogP contribution in [0.4, 0.5) is 0 Å². The van der Waals surface area contributed by atoms with E-state index >= 15 is 0 Å². The van der Waals surface area contributed by atoms with Crippen LogP contribution in [0.1, 0.15) is 5.69 Å². The molecule has 0 radical (unpaired) electrons. The molecule has 64 valence electrons. The van der Waals surface area contributed by atoms with Gasteiger partial charge in [-0.05, 0) is 6.07 Å². The summed E-state index contributed by atoms with van der Waals surface area (Å²) < 4.78 is 5.11. The van der Waals surface area contributed by atoms with Gasteiger partial charge in [-0.1, -0.05) is 0 Å². The number of hydrogen-bond acceptors (Lipinski definition) is 2. The van der Waals surface area contributed by atoms with Crippen molar-refractivity contribution in [1.82, 2.24) is 10.2 Å². The Morgan fingerprint density at radius 1 is 1.64 bits per heavy atom. The van der Waals surface area contributed by atoms with E-state index < -0.39 is 0 Å². The van der Waals surface area contributed by atoms with Crippen molar-refractivity contribution in [2.45, 2.75) is 6.61 Å². The van der Waals surface area contributed by atoms with Gasteiger partial charge in [-0.15, -0.1) is 24.0 Å². The fraction of sp³-hybridized carbons (Fsp3) is 0.500. The maximum Gasteiger partial charge on any atom is 0.0906 e. The van der Waals surface area contributed by atoms with E-state index in [4.69, 9.17) is 16.3 Å². The first-order valence-corrected chi connectivity index (χ1v) is 3.59. The predicted octanol–water partition coefficient (Wildman–Crippen LogP) is 1.59. The number of ether oxygens (including phenoxy) is 1. The molecule has 0 bridgehead atoms. The van der Waals surface area contributed by atoms with Crippen LogP contribution in [-0.4, -0.2) is 22.7 Å². The van der Waals surface area contributed by atoms with Crippen molar-refractivity contribution in [2.75, 3.05) is 12.5 Å². The Morgan fingerprint density at radius 3 is 3.00 bits per heavy atom. The Labute approximate surface area is 76.5 Å². The molecule has 11 heavy (non-hydrogen) atoms. The maximum atomic E-state index is 5.39. The number of nitrogens with one attached hydrogen (secondary N) is 1. The SMILES string of the molecule is Cl.ClCCOCc1cc[nH]n1. The molecule has 0 amide bonds. The van der Waals surface area contributed by atoms with E-state index in [0.29, 0.717) is 19.1 Å². The Balaban J connectivity index is 0.000001000. The van der Waals surface area contributed by atoms with Gasteiger partial charge in [-0.25, -0.2) is 0 Å². The lowest BCUT2D eigenvalue weighted by atomic mass is 10.5. The monoisotopic (exact) mass is 196 g/mol. The highest BCUT2D eigenvalue weighted by molar-refractivity contribution is 6.17. The Bertz CT molecular complexity index is 167. The largest absolute Gasteiger partial charge is 0.374 e. The summed E-state index contributed by atoms with van der Waals surface area (Å²) in [6.45, 7) is 1.12.